The Labute approximate surface area is 128 Å². The van der Waals surface area contributed by atoms with Gasteiger partial charge in [0.2, 0.25) is 0 Å². The maximum Gasteiger partial charge on any atom is 0.136 e. The standard InChI is InChI=1S/C16H20BrN3/c1-20-16(18)14(17)15(19-20)13-9-7-12(8-10-13)11-5-3-2-4-6-11/h7-11H,2-6,18H2,1H3. The van der Waals surface area contributed by atoms with Crippen LogP contribution in [0.5, 0.6) is 0 Å². The van der Waals surface area contributed by atoms with E-state index >= 15 is 0 Å². The maximum absolute atomic E-state index is 5.94. The van der Waals surface area contributed by atoms with E-state index in [2.05, 4.69) is 45.3 Å². The molecule has 3 rings (SSSR count). The lowest BCUT2D eigenvalue weighted by atomic mass is 9.84. The number of hydrogen-bond acceptors (Lipinski definition) is 2. The van der Waals surface area contributed by atoms with E-state index in [1.807, 2.05) is 7.05 Å². The predicted octanol–water partition coefficient (Wildman–Crippen LogP) is 4.48. The molecule has 0 atom stereocenters. The normalized spacial score (nSPS) is 16.5. The van der Waals surface area contributed by atoms with Crippen molar-refractivity contribution in [3.05, 3.63) is 34.3 Å². The average Bonchev–Trinajstić information content (AvgIpc) is 2.76. The lowest BCUT2D eigenvalue weighted by Crippen LogP contribution is -2.04. The number of nitrogens with zero attached hydrogens (tertiary/aromatic N) is 2. The molecule has 0 radical (unpaired) electrons. The zero-order valence-electron chi connectivity index (χ0n) is 11.8. The third-order valence-corrected chi connectivity index (χ3v) is 5.07. The van der Waals surface area contributed by atoms with Crippen LogP contribution >= 0.6 is 15.9 Å². The van der Waals surface area contributed by atoms with Gasteiger partial charge in [0.05, 0.1) is 4.47 Å². The largest absolute Gasteiger partial charge is 0.383 e. The number of nitrogen functional groups attached to an aromatic ring is 1. The van der Waals surface area contributed by atoms with Crippen molar-refractivity contribution in [1.29, 1.82) is 0 Å². The molecule has 1 aliphatic rings. The van der Waals surface area contributed by atoms with E-state index < -0.39 is 0 Å². The Morgan fingerprint density at radius 3 is 2.35 bits per heavy atom. The molecule has 0 saturated heterocycles. The summed E-state index contributed by atoms with van der Waals surface area (Å²) in [4.78, 5) is 0. The minimum absolute atomic E-state index is 0.663. The topological polar surface area (TPSA) is 43.8 Å². The van der Waals surface area contributed by atoms with E-state index in [9.17, 15) is 0 Å². The lowest BCUT2D eigenvalue weighted by molar-refractivity contribution is 0.443. The van der Waals surface area contributed by atoms with Gasteiger partial charge in [0.15, 0.2) is 0 Å². The highest BCUT2D eigenvalue weighted by Gasteiger charge is 2.17. The molecule has 106 valence electrons. The fourth-order valence-electron chi connectivity index (χ4n) is 3.04. The molecule has 4 heteroatoms. The molecule has 1 heterocycles. The van der Waals surface area contributed by atoms with E-state index in [4.69, 9.17) is 5.73 Å². The molecule has 0 unspecified atom stereocenters. The molecule has 1 aromatic carbocycles. The van der Waals surface area contributed by atoms with Crippen molar-refractivity contribution in [2.75, 3.05) is 5.73 Å². The van der Waals surface area contributed by atoms with Gasteiger partial charge < -0.3 is 5.73 Å². The zero-order chi connectivity index (χ0) is 14.1. The molecular formula is C16H20BrN3. The summed E-state index contributed by atoms with van der Waals surface area (Å²) < 4.78 is 2.58. The number of aromatic nitrogens is 2. The molecule has 20 heavy (non-hydrogen) atoms. The van der Waals surface area contributed by atoms with Crippen LogP contribution in [0.15, 0.2) is 28.7 Å². The van der Waals surface area contributed by atoms with Gasteiger partial charge >= 0.3 is 0 Å². The summed E-state index contributed by atoms with van der Waals surface area (Å²) in [6, 6.07) is 8.83. The zero-order valence-corrected chi connectivity index (χ0v) is 13.4. The summed E-state index contributed by atoms with van der Waals surface area (Å²) in [5, 5.41) is 4.47. The fraction of sp³-hybridized carbons (Fsp3) is 0.438. The highest BCUT2D eigenvalue weighted by atomic mass is 79.9. The summed E-state index contributed by atoms with van der Waals surface area (Å²) >= 11 is 3.52. The van der Waals surface area contributed by atoms with Crippen LogP contribution in [0.4, 0.5) is 5.82 Å². The van der Waals surface area contributed by atoms with Gasteiger partial charge in [-0.15, -0.1) is 0 Å². The first-order chi connectivity index (χ1) is 9.66. The molecule has 1 aliphatic carbocycles. The van der Waals surface area contributed by atoms with Crippen LogP contribution in [0.3, 0.4) is 0 Å². The Morgan fingerprint density at radius 2 is 1.80 bits per heavy atom. The summed E-state index contributed by atoms with van der Waals surface area (Å²) in [6.45, 7) is 0. The minimum atomic E-state index is 0.663. The molecule has 0 amide bonds. The van der Waals surface area contributed by atoms with Crippen LogP contribution in [-0.2, 0) is 7.05 Å². The van der Waals surface area contributed by atoms with Gasteiger partial charge in [-0.3, -0.25) is 4.68 Å². The van der Waals surface area contributed by atoms with Gasteiger partial charge in [0.1, 0.15) is 11.5 Å². The van der Waals surface area contributed by atoms with Crippen molar-refractivity contribution in [3.63, 3.8) is 0 Å². The van der Waals surface area contributed by atoms with Gasteiger partial charge in [-0.05, 0) is 40.3 Å². The Morgan fingerprint density at radius 1 is 1.15 bits per heavy atom. The number of anilines is 1. The van der Waals surface area contributed by atoms with Crippen molar-refractivity contribution >= 4 is 21.7 Å². The SMILES string of the molecule is Cn1nc(-c2ccc(C3CCCCC3)cc2)c(Br)c1N. The first-order valence-electron chi connectivity index (χ1n) is 7.25. The summed E-state index contributed by atoms with van der Waals surface area (Å²) in [5.41, 5.74) is 9.44. The van der Waals surface area contributed by atoms with Crippen LogP contribution in [0.2, 0.25) is 0 Å². The second-order valence-corrected chi connectivity index (χ2v) is 6.42. The first kappa shape index (κ1) is 13.7. The number of hydrogen-bond donors (Lipinski definition) is 1. The maximum atomic E-state index is 5.94. The van der Waals surface area contributed by atoms with Crippen molar-refractivity contribution < 1.29 is 0 Å². The van der Waals surface area contributed by atoms with E-state index in [1.165, 1.54) is 37.7 Å². The van der Waals surface area contributed by atoms with Gasteiger partial charge in [0, 0.05) is 12.6 Å². The Kier molecular flexibility index (Phi) is 3.83. The molecule has 3 nitrogen and oxygen atoms in total. The Hall–Kier alpha value is -1.29. The van der Waals surface area contributed by atoms with E-state index in [0.717, 1.165) is 21.6 Å². The number of halogens is 1. The molecule has 0 bridgehead atoms. The van der Waals surface area contributed by atoms with Crippen molar-refractivity contribution in [2.24, 2.45) is 7.05 Å². The smallest absolute Gasteiger partial charge is 0.136 e. The third kappa shape index (κ3) is 2.49. The van der Waals surface area contributed by atoms with Gasteiger partial charge in [-0.25, -0.2) is 0 Å². The molecule has 0 aliphatic heterocycles. The Bertz CT molecular complexity index is 595. The van der Waals surface area contributed by atoms with Crippen LogP contribution < -0.4 is 5.73 Å². The van der Waals surface area contributed by atoms with Crippen LogP contribution in [0, 0.1) is 0 Å². The molecule has 2 aromatic rings. The Balaban J connectivity index is 1.87. The second kappa shape index (κ2) is 5.60. The fourth-order valence-corrected chi connectivity index (χ4v) is 3.61. The molecule has 1 aromatic heterocycles. The second-order valence-electron chi connectivity index (χ2n) is 5.63. The van der Waals surface area contributed by atoms with Gasteiger partial charge in [-0.1, -0.05) is 43.5 Å². The average molecular weight is 334 g/mol. The number of nitrogens with two attached hydrogens (primary N) is 1. The minimum Gasteiger partial charge on any atom is -0.383 e. The van der Waals surface area contributed by atoms with E-state index in [1.54, 1.807) is 4.68 Å². The highest BCUT2D eigenvalue weighted by Crippen LogP contribution is 2.35. The highest BCUT2D eigenvalue weighted by molar-refractivity contribution is 9.10. The van der Waals surface area contributed by atoms with E-state index in [0.29, 0.717) is 5.82 Å². The van der Waals surface area contributed by atoms with Crippen LogP contribution in [-0.4, -0.2) is 9.78 Å². The predicted molar refractivity (Wildman–Crippen MR) is 86.6 cm³/mol. The number of aryl methyl sites for hydroxylation is 1. The summed E-state index contributed by atoms with van der Waals surface area (Å²) in [6.07, 6.45) is 6.80. The monoisotopic (exact) mass is 333 g/mol. The number of benzene rings is 1. The molecule has 1 saturated carbocycles. The molecular weight excluding hydrogens is 314 g/mol. The van der Waals surface area contributed by atoms with E-state index in [-0.39, 0.29) is 0 Å². The molecule has 0 spiro atoms. The van der Waals surface area contributed by atoms with Crippen molar-refractivity contribution in [2.45, 2.75) is 38.0 Å². The van der Waals surface area contributed by atoms with Crippen molar-refractivity contribution in [1.82, 2.24) is 9.78 Å². The van der Waals surface area contributed by atoms with Gasteiger partial charge in [0.25, 0.3) is 0 Å². The molecule has 2 N–H and O–H groups in total. The summed E-state index contributed by atoms with van der Waals surface area (Å²) in [5.74, 6) is 1.41. The van der Waals surface area contributed by atoms with Crippen LogP contribution in [0.1, 0.15) is 43.6 Å². The molecule has 1 fully saturated rings. The summed E-state index contributed by atoms with van der Waals surface area (Å²) in [7, 11) is 1.86. The van der Waals surface area contributed by atoms with Gasteiger partial charge in [-0.2, -0.15) is 5.10 Å². The third-order valence-electron chi connectivity index (χ3n) is 4.29. The van der Waals surface area contributed by atoms with Crippen LogP contribution in [0.25, 0.3) is 11.3 Å². The number of rotatable bonds is 2. The van der Waals surface area contributed by atoms with Crippen molar-refractivity contribution in [3.8, 4) is 11.3 Å². The lowest BCUT2D eigenvalue weighted by Gasteiger charge is -2.22. The first-order valence-corrected chi connectivity index (χ1v) is 8.04. The quantitative estimate of drug-likeness (QED) is 0.880.